The number of aryl methyl sites for hydroxylation is 1. The predicted molar refractivity (Wildman–Crippen MR) is 65.8 cm³/mol. The topological polar surface area (TPSA) is 55.6 Å². The lowest BCUT2D eigenvalue weighted by molar-refractivity contribution is 0.158. The van der Waals surface area contributed by atoms with Gasteiger partial charge in [-0.3, -0.25) is 0 Å². The molecule has 1 aliphatic heterocycles. The van der Waals surface area contributed by atoms with Crippen molar-refractivity contribution >= 4 is 6.09 Å². The van der Waals surface area contributed by atoms with Gasteiger partial charge < -0.3 is 15.4 Å². The first-order valence-electron chi connectivity index (χ1n) is 5.89. The van der Waals surface area contributed by atoms with E-state index in [1.807, 2.05) is 6.07 Å². The van der Waals surface area contributed by atoms with Gasteiger partial charge in [0.25, 0.3) is 0 Å². The molecule has 1 amide bonds. The van der Waals surface area contributed by atoms with E-state index in [1.54, 1.807) is 4.90 Å². The van der Waals surface area contributed by atoms with Crippen LogP contribution in [0.4, 0.5) is 4.79 Å². The third-order valence-electron chi connectivity index (χ3n) is 3.00. The smallest absolute Gasteiger partial charge is 0.410 e. The fraction of sp³-hybridized carbons (Fsp3) is 0.462. The van der Waals surface area contributed by atoms with E-state index in [4.69, 9.17) is 10.5 Å². The Hall–Kier alpha value is -1.55. The molecule has 2 rings (SSSR count). The molecule has 0 radical (unpaired) electrons. The van der Waals surface area contributed by atoms with Crippen molar-refractivity contribution in [3.63, 3.8) is 0 Å². The molecule has 1 atom stereocenters. The van der Waals surface area contributed by atoms with Gasteiger partial charge >= 0.3 is 6.09 Å². The highest BCUT2D eigenvalue weighted by Gasteiger charge is 2.31. The van der Waals surface area contributed by atoms with E-state index in [0.717, 1.165) is 6.42 Å². The predicted octanol–water partition coefficient (Wildman–Crippen LogP) is 1.32. The summed E-state index contributed by atoms with van der Waals surface area (Å²) in [5.41, 5.74) is 7.97. The molecule has 4 nitrogen and oxygen atoms in total. The molecule has 0 spiro atoms. The number of nitrogens with zero attached hydrogens (tertiary/aromatic N) is 1. The highest BCUT2D eigenvalue weighted by Crippen LogP contribution is 2.17. The van der Waals surface area contributed by atoms with Gasteiger partial charge in [-0.2, -0.15) is 0 Å². The Kier molecular flexibility index (Phi) is 3.64. The summed E-state index contributed by atoms with van der Waals surface area (Å²) in [5, 5.41) is 0. The summed E-state index contributed by atoms with van der Waals surface area (Å²) in [6.45, 7) is 3.57. The van der Waals surface area contributed by atoms with Gasteiger partial charge in [0.05, 0.1) is 6.04 Å². The molecule has 1 fully saturated rings. The second-order valence-corrected chi connectivity index (χ2v) is 4.41. The van der Waals surface area contributed by atoms with Crippen molar-refractivity contribution in [1.29, 1.82) is 0 Å². The Labute approximate surface area is 101 Å². The third kappa shape index (κ3) is 2.77. The Morgan fingerprint density at radius 1 is 1.53 bits per heavy atom. The van der Waals surface area contributed by atoms with Crippen LogP contribution in [-0.4, -0.2) is 36.7 Å². The summed E-state index contributed by atoms with van der Waals surface area (Å²) >= 11 is 0. The normalized spacial score (nSPS) is 19.5. The van der Waals surface area contributed by atoms with E-state index in [-0.39, 0.29) is 12.1 Å². The van der Waals surface area contributed by atoms with Crippen molar-refractivity contribution in [2.24, 2.45) is 5.73 Å². The zero-order chi connectivity index (χ0) is 12.3. The summed E-state index contributed by atoms with van der Waals surface area (Å²) in [7, 11) is 0. The maximum absolute atomic E-state index is 11.5. The van der Waals surface area contributed by atoms with Crippen LogP contribution in [0, 0.1) is 6.92 Å². The van der Waals surface area contributed by atoms with Gasteiger partial charge in [0.15, 0.2) is 0 Å². The lowest BCUT2D eigenvalue weighted by atomic mass is 10.0. The number of rotatable bonds is 4. The van der Waals surface area contributed by atoms with Gasteiger partial charge in [0.1, 0.15) is 6.61 Å². The van der Waals surface area contributed by atoms with E-state index in [1.165, 1.54) is 11.1 Å². The summed E-state index contributed by atoms with van der Waals surface area (Å²) < 4.78 is 5.06. The molecule has 1 heterocycles. The van der Waals surface area contributed by atoms with Gasteiger partial charge in [0, 0.05) is 13.1 Å². The number of benzene rings is 1. The molecule has 1 aliphatic rings. The fourth-order valence-electron chi connectivity index (χ4n) is 2.18. The fourth-order valence-corrected chi connectivity index (χ4v) is 2.18. The number of carbonyl (C=O) groups is 1. The zero-order valence-corrected chi connectivity index (χ0v) is 10.1. The second kappa shape index (κ2) is 5.19. The molecule has 1 saturated heterocycles. The maximum atomic E-state index is 11.5. The van der Waals surface area contributed by atoms with E-state index in [0.29, 0.717) is 19.7 Å². The Morgan fingerprint density at radius 3 is 3.06 bits per heavy atom. The number of hydrogen-bond donors (Lipinski definition) is 1. The lowest BCUT2D eigenvalue weighted by Crippen LogP contribution is -2.38. The van der Waals surface area contributed by atoms with Crippen LogP contribution in [0.1, 0.15) is 11.1 Å². The molecule has 0 aromatic heterocycles. The molecule has 1 aromatic carbocycles. The van der Waals surface area contributed by atoms with Crippen molar-refractivity contribution in [3.8, 4) is 0 Å². The van der Waals surface area contributed by atoms with Crippen molar-refractivity contribution in [1.82, 2.24) is 4.90 Å². The number of amides is 1. The molecule has 0 bridgehead atoms. The first kappa shape index (κ1) is 11.9. The number of cyclic esters (lactones) is 1. The van der Waals surface area contributed by atoms with Gasteiger partial charge in [-0.25, -0.2) is 4.79 Å². The van der Waals surface area contributed by atoms with E-state index >= 15 is 0 Å². The van der Waals surface area contributed by atoms with Gasteiger partial charge in [-0.1, -0.05) is 29.8 Å². The number of carbonyl (C=O) groups excluding carboxylic acids is 1. The van der Waals surface area contributed by atoms with Gasteiger partial charge in [0.2, 0.25) is 0 Å². The molecule has 0 saturated carbocycles. The van der Waals surface area contributed by atoms with Crippen LogP contribution in [0.25, 0.3) is 0 Å². The first-order chi connectivity index (χ1) is 8.20. The number of nitrogens with two attached hydrogens (primary N) is 1. The minimum Gasteiger partial charge on any atom is -0.447 e. The standard InChI is InChI=1S/C13H18N2O2/c1-10-3-2-4-11(7-10)8-12-9-17-13(16)15(12)6-5-14/h2-4,7,12H,5-6,8-9,14H2,1H3. The first-order valence-corrected chi connectivity index (χ1v) is 5.89. The van der Waals surface area contributed by atoms with Crippen molar-refractivity contribution in [2.45, 2.75) is 19.4 Å². The molecule has 1 aromatic rings. The molecule has 2 N–H and O–H groups in total. The summed E-state index contributed by atoms with van der Waals surface area (Å²) in [4.78, 5) is 13.2. The van der Waals surface area contributed by atoms with Crippen LogP contribution >= 0.6 is 0 Å². The minimum atomic E-state index is -0.242. The minimum absolute atomic E-state index is 0.118. The number of ether oxygens (including phenoxy) is 1. The number of hydrogen-bond acceptors (Lipinski definition) is 3. The van der Waals surface area contributed by atoms with Gasteiger partial charge in [-0.05, 0) is 18.9 Å². The summed E-state index contributed by atoms with van der Waals surface area (Å²) in [6, 6.07) is 8.44. The third-order valence-corrected chi connectivity index (χ3v) is 3.00. The van der Waals surface area contributed by atoms with Crippen LogP contribution in [-0.2, 0) is 11.2 Å². The van der Waals surface area contributed by atoms with Crippen LogP contribution in [0.3, 0.4) is 0 Å². The molecular weight excluding hydrogens is 216 g/mol. The highest BCUT2D eigenvalue weighted by atomic mass is 16.6. The molecular formula is C13H18N2O2. The van der Waals surface area contributed by atoms with Crippen molar-refractivity contribution < 1.29 is 9.53 Å². The summed E-state index contributed by atoms with van der Waals surface area (Å²) in [6.07, 6.45) is 0.584. The zero-order valence-electron chi connectivity index (χ0n) is 10.1. The molecule has 0 aliphatic carbocycles. The van der Waals surface area contributed by atoms with Crippen LogP contribution in [0.5, 0.6) is 0 Å². The molecule has 92 valence electrons. The van der Waals surface area contributed by atoms with E-state index < -0.39 is 0 Å². The Morgan fingerprint density at radius 2 is 2.35 bits per heavy atom. The van der Waals surface area contributed by atoms with Crippen LogP contribution in [0.2, 0.25) is 0 Å². The van der Waals surface area contributed by atoms with Crippen molar-refractivity contribution in [2.75, 3.05) is 19.7 Å². The molecule has 17 heavy (non-hydrogen) atoms. The van der Waals surface area contributed by atoms with Gasteiger partial charge in [-0.15, -0.1) is 0 Å². The molecule has 4 heteroatoms. The maximum Gasteiger partial charge on any atom is 0.410 e. The Balaban J connectivity index is 2.05. The largest absolute Gasteiger partial charge is 0.447 e. The lowest BCUT2D eigenvalue weighted by Gasteiger charge is -2.20. The second-order valence-electron chi connectivity index (χ2n) is 4.41. The summed E-state index contributed by atoms with van der Waals surface area (Å²) in [5.74, 6) is 0. The average Bonchev–Trinajstić information content (AvgIpc) is 2.62. The van der Waals surface area contributed by atoms with Crippen molar-refractivity contribution in [3.05, 3.63) is 35.4 Å². The SMILES string of the molecule is Cc1cccc(CC2COC(=O)N2CCN)c1. The van der Waals surface area contributed by atoms with Crippen LogP contribution in [0.15, 0.2) is 24.3 Å². The van der Waals surface area contributed by atoms with E-state index in [9.17, 15) is 4.79 Å². The Bertz CT molecular complexity index is 406. The monoisotopic (exact) mass is 234 g/mol. The average molecular weight is 234 g/mol. The quantitative estimate of drug-likeness (QED) is 0.854. The molecule has 1 unspecified atom stereocenters. The van der Waals surface area contributed by atoms with Crippen LogP contribution < -0.4 is 5.73 Å². The van der Waals surface area contributed by atoms with E-state index in [2.05, 4.69) is 25.1 Å². The highest BCUT2D eigenvalue weighted by molar-refractivity contribution is 5.70.